The maximum atomic E-state index is 5.16. The summed E-state index contributed by atoms with van der Waals surface area (Å²) in [6.07, 6.45) is 7.36. The number of nitrogens with zero attached hydrogens (tertiary/aromatic N) is 5. The molecule has 4 aromatic rings. The lowest BCUT2D eigenvalue weighted by atomic mass is 9.86. The minimum atomic E-state index is 0.347. The zero-order chi connectivity index (χ0) is 23.2. The molecule has 34 heavy (non-hydrogen) atoms. The number of fused-ring (bicyclic) bond motifs is 4. The van der Waals surface area contributed by atoms with E-state index in [1.54, 1.807) is 0 Å². The SMILES string of the molecule is CCc1cccc(CC)c1-c1nc(C)c2c(n1)-n1nccc1N(C1CCCc3ccccc31)C2. The van der Waals surface area contributed by atoms with Gasteiger partial charge < -0.3 is 4.90 Å². The van der Waals surface area contributed by atoms with Crippen LogP contribution in [-0.4, -0.2) is 19.7 Å². The van der Waals surface area contributed by atoms with Crippen molar-refractivity contribution in [2.45, 2.75) is 65.5 Å². The summed E-state index contributed by atoms with van der Waals surface area (Å²) in [6.45, 7) is 7.35. The molecule has 5 heteroatoms. The molecule has 1 unspecified atom stereocenters. The normalized spacial score (nSPS) is 16.7. The molecular weight excluding hydrogens is 418 g/mol. The molecule has 6 rings (SSSR count). The highest BCUT2D eigenvalue weighted by Gasteiger charge is 2.34. The predicted molar refractivity (Wildman–Crippen MR) is 136 cm³/mol. The van der Waals surface area contributed by atoms with Crippen LogP contribution >= 0.6 is 0 Å². The summed E-state index contributed by atoms with van der Waals surface area (Å²) in [7, 11) is 0. The summed E-state index contributed by atoms with van der Waals surface area (Å²) in [4.78, 5) is 12.8. The average molecular weight is 450 g/mol. The molecule has 0 spiro atoms. The van der Waals surface area contributed by atoms with E-state index in [1.165, 1.54) is 46.2 Å². The zero-order valence-corrected chi connectivity index (χ0v) is 20.3. The number of hydrogen-bond donors (Lipinski definition) is 0. The van der Waals surface area contributed by atoms with Crippen LogP contribution in [-0.2, 0) is 25.8 Å². The first-order valence-electron chi connectivity index (χ1n) is 12.6. The van der Waals surface area contributed by atoms with E-state index >= 15 is 0 Å². The maximum Gasteiger partial charge on any atom is 0.165 e. The fourth-order valence-electron chi connectivity index (χ4n) is 5.83. The van der Waals surface area contributed by atoms with Crippen molar-refractivity contribution in [3.05, 3.63) is 88.2 Å². The van der Waals surface area contributed by atoms with Gasteiger partial charge in [0.15, 0.2) is 11.6 Å². The molecule has 0 bridgehead atoms. The van der Waals surface area contributed by atoms with Gasteiger partial charge in [-0.05, 0) is 61.3 Å². The van der Waals surface area contributed by atoms with E-state index in [0.717, 1.165) is 49.0 Å². The molecule has 1 atom stereocenters. The summed E-state index contributed by atoms with van der Waals surface area (Å²) >= 11 is 0. The molecule has 2 aliphatic rings. The molecule has 3 heterocycles. The Hall–Kier alpha value is -3.47. The summed E-state index contributed by atoms with van der Waals surface area (Å²) in [6, 6.07) is 18.0. The minimum Gasteiger partial charge on any atom is -0.345 e. The lowest BCUT2D eigenvalue weighted by molar-refractivity contribution is 0.499. The maximum absolute atomic E-state index is 5.16. The second-order valence-electron chi connectivity index (χ2n) is 9.43. The van der Waals surface area contributed by atoms with Gasteiger partial charge in [0.1, 0.15) is 5.82 Å². The van der Waals surface area contributed by atoms with Gasteiger partial charge in [-0.3, -0.25) is 0 Å². The topological polar surface area (TPSA) is 46.8 Å². The zero-order valence-electron chi connectivity index (χ0n) is 20.3. The van der Waals surface area contributed by atoms with Crippen molar-refractivity contribution < 1.29 is 0 Å². The second kappa shape index (κ2) is 8.39. The van der Waals surface area contributed by atoms with Crippen LogP contribution in [0, 0.1) is 6.92 Å². The Labute approximate surface area is 201 Å². The number of benzene rings is 2. The minimum absolute atomic E-state index is 0.347. The summed E-state index contributed by atoms with van der Waals surface area (Å²) in [5.74, 6) is 2.87. The number of hydrogen-bond acceptors (Lipinski definition) is 4. The van der Waals surface area contributed by atoms with E-state index in [2.05, 4.69) is 74.2 Å². The van der Waals surface area contributed by atoms with Crippen LogP contribution in [0.15, 0.2) is 54.7 Å². The van der Waals surface area contributed by atoms with Crippen LogP contribution in [0.3, 0.4) is 0 Å². The molecule has 0 saturated heterocycles. The first-order chi connectivity index (χ1) is 16.7. The van der Waals surface area contributed by atoms with Crippen LogP contribution in [0.1, 0.15) is 66.2 Å². The van der Waals surface area contributed by atoms with Gasteiger partial charge >= 0.3 is 0 Å². The van der Waals surface area contributed by atoms with Crippen LogP contribution in [0.4, 0.5) is 5.82 Å². The van der Waals surface area contributed by atoms with Crippen molar-refractivity contribution in [3.63, 3.8) is 0 Å². The smallest absolute Gasteiger partial charge is 0.165 e. The van der Waals surface area contributed by atoms with E-state index < -0.39 is 0 Å². The molecule has 0 amide bonds. The van der Waals surface area contributed by atoms with Crippen LogP contribution < -0.4 is 4.90 Å². The Morgan fingerprint density at radius 3 is 2.53 bits per heavy atom. The third-order valence-electron chi connectivity index (χ3n) is 7.57. The van der Waals surface area contributed by atoms with E-state index in [9.17, 15) is 0 Å². The van der Waals surface area contributed by atoms with Crippen LogP contribution in [0.2, 0.25) is 0 Å². The van der Waals surface area contributed by atoms with Crippen molar-refractivity contribution >= 4 is 5.82 Å². The highest BCUT2D eigenvalue weighted by atomic mass is 15.4. The quantitative estimate of drug-likeness (QED) is 0.374. The van der Waals surface area contributed by atoms with E-state index in [1.807, 2.05) is 10.9 Å². The molecule has 0 fully saturated rings. The van der Waals surface area contributed by atoms with Crippen molar-refractivity contribution in [3.8, 4) is 17.2 Å². The Kier molecular flexibility index (Phi) is 5.20. The van der Waals surface area contributed by atoms with Gasteiger partial charge in [-0.15, -0.1) is 0 Å². The van der Waals surface area contributed by atoms with Gasteiger partial charge in [-0.25, -0.2) is 9.97 Å². The van der Waals surface area contributed by atoms with Gasteiger partial charge in [-0.1, -0.05) is 56.3 Å². The highest BCUT2D eigenvalue weighted by molar-refractivity contribution is 5.68. The van der Waals surface area contributed by atoms with E-state index in [-0.39, 0.29) is 0 Å². The van der Waals surface area contributed by atoms with Crippen molar-refractivity contribution in [2.75, 3.05) is 4.90 Å². The molecule has 0 radical (unpaired) electrons. The first-order valence-corrected chi connectivity index (χ1v) is 12.6. The van der Waals surface area contributed by atoms with Crippen molar-refractivity contribution in [1.82, 2.24) is 19.7 Å². The average Bonchev–Trinajstić information content (AvgIpc) is 3.38. The van der Waals surface area contributed by atoms with Crippen LogP contribution in [0.5, 0.6) is 0 Å². The number of aromatic nitrogens is 4. The molecule has 0 N–H and O–H groups in total. The molecule has 5 nitrogen and oxygen atoms in total. The summed E-state index contributed by atoms with van der Waals surface area (Å²) in [5.41, 5.74) is 8.94. The fourth-order valence-corrected chi connectivity index (χ4v) is 5.83. The molecule has 2 aromatic heterocycles. The number of anilines is 1. The second-order valence-corrected chi connectivity index (χ2v) is 9.43. The molecule has 172 valence electrons. The van der Waals surface area contributed by atoms with Gasteiger partial charge in [0.2, 0.25) is 0 Å². The number of aryl methyl sites for hydroxylation is 4. The Balaban J connectivity index is 1.48. The van der Waals surface area contributed by atoms with Gasteiger partial charge in [0.05, 0.1) is 18.8 Å². The molecule has 0 saturated carbocycles. The van der Waals surface area contributed by atoms with Gasteiger partial charge in [0.25, 0.3) is 0 Å². The summed E-state index contributed by atoms with van der Waals surface area (Å²) in [5, 5.41) is 4.74. The third-order valence-corrected chi connectivity index (χ3v) is 7.57. The number of rotatable bonds is 4. The standard InChI is InChI=1S/C29H31N5/c1-4-20-11-8-12-21(5-2)27(20)28-31-19(3)24-18-33(26-16-17-30-34(26)29(24)32-28)25-15-9-13-22-10-6-7-14-23(22)25/h6-8,10-12,14,16-17,25H,4-5,9,13,15,18H2,1-3H3. The van der Waals surface area contributed by atoms with Crippen LogP contribution in [0.25, 0.3) is 17.2 Å². The summed E-state index contributed by atoms with van der Waals surface area (Å²) < 4.78 is 2.04. The molecule has 2 aromatic carbocycles. The lowest BCUT2D eigenvalue weighted by Gasteiger charge is -2.40. The fraction of sp³-hybridized carbons (Fsp3) is 0.345. The predicted octanol–water partition coefficient (Wildman–Crippen LogP) is 6.16. The monoisotopic (exact) mass is 449 g/mol. The van der Waals surface area contributed by atoms with E-state index in [0.29, 0.717) is 6.04 Å². The lowest BCUT2D eigenvalue weighted by Crippen LogP contribution is -2.36. The largest absolute Gasteiger partial charge is 0.345 e. The van der Waals surface area contributed by atoms with Crippen molar-refractivity contribution in [1.29, 1.82) is 0 Å². The highest BCUT2D eigenvalue weighted by Crippen LogP contribution is 2.42. The molecule has 1 aliphatic heterocycles. The van der Waals surface area contributed by atoms with E-state index in [4.69, 9.17) is 15.1 Å². The molecular formula is C29H31N5. The van der Waals surface area contributed by atoms with Crippen molar-refractivity contribution in [2.24, 2.45) is 0 Å². The third kappa shape index (κ3) is 3.25. The Bertz CT molecular complexity index is 1350. The van der Waals surface area contributed by atoms with Gasteiger partial charge in [0, 0.05) is 22.9 Å². The first kappa shape index (κ1) is 21.1. The van der Waals surface area contributed by atoms with Gasteiger partial charge in [-0.2, -0.15) is 9.78 Å². The Morgan fingerprint density at radius 2 is 1.74 bits per heavy atom. The Morgan fingerprint density at radius 1 is 0.941 bits per heavy atom. The molecule has 1 aliphatic carbocycles.